The lowest BCUT2D eigenvalue weighted by molar-refractivity contribution is 0.0125. The number of aromatic nitrogens is 1. The second kappa shape index (κ2) is 7.02. The van der Waals surface area contributed by atoms with E-state index in [1.54, 1.807) is 0 Å². The summed E-state index contributed by atoms with van der Waals surface area (Å²) >= 11 is 3.53. The molecular weight excluding hydrogens is 380 g/mol. The Balaban J connectivity index is 2.03. The van der Waals surface area contributed by atoms with Gasteiger partial charge in [0.05, 0.1) is 6.04 Å². The zero-order chi connectivity index (χ0) is 18.2. The number of aryl methyl sites for hydroxylation is 1. The van der Waals surface area contributed by atoms with E-state index in [2.05, 4.69) is 51.8 Å². The van der Waals surface area contributed by atoms with Gasteiger partial charge >= 0.3 is 6.09 Å². The second-order valence-electron chi connectivity index (χ2n) is 7.71. The van der Waals surface area contributed by atoms with Crippen LogP contribution in [0.1, 0.15) is 50.9 Å². The van der Waals surface area contributed by atoms with Crippen molar-refractivity contribution in [1.29, 1.82) is 0 Å². The summed E-state index contributed by atoms with van der Waals surface area (Å²) in [5, 5.41) is 2.25. The Morgan fingerprint density at radius 2 is 2.04 bits per heavy atom. The molecule has 0 fully saturated rings. The van der Waals surface area contributed by atoms with Crippen LogP contribution in [0.3, 0.4) is 0 Å². The molecule has 5 heteroatoms. The summed E-state index contributed by atoms with van der Waals surface area (Å²) in [5.41, 5.74) is 3.41. The van der Waals surface area contributed by atoms with E-state index in [0.717, 1.165) is 24.6 Å². The molecule has 1 unspecified atom stereocenters. The lowest BCUT2D eigenvalue weighted by Crippen LogP contribution is -2.43. The van der Waals surface area contributed by atoms with E-state index < -0.39 is 5.60 Å². The molecule has 3 rings (SSSR count). The van der Waals surface area contributed by atoms with Crippen molar-refractivity contribution < 1.29 is 9.53 Å². The molecule has 0 radical (unpaired) electrons. The Kier molecular flexibility index (Phi) is 5.14. The number of hydrogen-bond acceptors (Lipinski definition) is 2. The number of carbonyl (C=O) groups is 1. The maximum atomic E-state index is 12.8. The number of halogens is 1. The molecule has 0 spiro atoms. The van der Waals surface area contributed by atoms with Gasteiger partial charge in [-0.05, 0) is 51.7 Å². The maximum absolute atomic E-state index is 12.8. The van der Waals surface area contributed by atoms with Gasteiger partial charge in [0.15, 0.2) is 0 Å². The van der Waals surface area contributed by atoms with Crippen molar-refractivity contribution in [2.24, 2.45) is 7.05 Å². The Labute approximate surface area is 158 Å². The molecule has 1 aliphatic heterocycles. The zero-order valence-corrected chi connectivity index (χ0v) is 17.1. The molecule has 0 saturated carbocycles. The van der Waals surface area contributed by atoms with Crippen LogP contribution in [-0.2, 0) is 18.2 Å². The number of amides is 1. The van der Waals surface area contributed by atoms with Crippen LogP contribution in [0.5, 0.6) is 0 Å². The average Bonchev–Trinajstić information content (AvgIpc) is 2.84. The Morgan fingerprint density at radius 3 is 2.72 bits per heavy atom. The predicted molar refractivity (Wildman–Crippen MR) is 105 cm³/mol. The van der Waals surface area contributed by atoms with E-state index >= 15 is 0 Å². The van der Waals surface area contributed by atoms with Gasteiger partial charge < -0.3 is 9.30 Å². The van der Waals surface area contributed by atoms with Gasteiger partial charge in [-0.2, -0.15) is 0 Å². The molecule has 4 nitrogen and oxygen atoms in total. The molecule has 0 aliphatic carbocycles. The number of rotatable bonds is 3. The molecule has 2 aromatic rings. The van der Waals surface area contributed by atoms with Crippen molar-refractivity contribution in [3.8, 4) is 0 Å². The van der Waals surface area contributed by atoms with E-state index in [1.807, 2.05) is 25.7 Å². The quantitative estimate of drug-likeness (QED) is 0.657. The first-order chi connectivity index (χ1) is 11.8. The summed E-state index contributed by atoms with van der Waals surface area (Å²) in [5.74, 6) is 0. The molecule has 1 aromatic heterocycles. The van der Waals surface area contributed by atoms with Gasteiger partial charge in [-0.25, -0.2) is 4.79 Å². The topological polar surface area (TPSA) is 34.5 Å². The number of ether oxygens (including phenoxy) is 1. The Morgan fingerprint density at radius 1 is 1.32 bits per heavy atom. The summed E-state index contributed by atoms with van der Waals surface area (Å²) < 4.78 is 7.95. The first-order valence-electron chi connectivity index (χ1n) is 8.95. The lowest BCUT2D eigenvalue weighted by atomic mass is 9.95. The third-order valence-electron chi connectivity index (χ3n) is 4.79. The zero-order valence-electron chi connectivity index (χ0n) is 15.5. The first-order valence-corrected chi connectivity index (χ1v) is 10.1. The van der Waals surface area contributed by atoms with Gasteiger partial charge in [-0.3, -0.25) is 4.90 Å². The number of alkyl halides is 1. The highest BCUT2D eigenvalue weighted by molar-refractivity contribution is 9.09. The standard InChI is InChI=1S/C20H27BrN2O2/c1-20(2,3)25-19(24)23-13-11-15-14-8-5-6-9-16(14)22(4)18(15)17(23)10-7-12-21/h5-6,8-9,17H,7,10-13H2,1-4H3. The van der Waals surface area contributed by atoms with E-state index in [-0.39, 0.29) is 12.1 Å². The SMILES string of the molecule is Cn1c2c(c3ccccc31)CCN(C(=O)OC(C)(C)C)C2CCCBr. The van der Waals surface area contributed by atoms with Crippen LogP contribution in [0.2, 0.25) is 0 Å². The van der Waals surface area contributed by atoms with Crippen molar-refractivity contribution in [3.63, 3.8) is 0 Å². The average molecular weight is 407 g/mol. The fraction of sp³-hybridized carbons (Fsp3) is 0.550. The first kappa shape index (κ1) is 18.3. The van der Waals surface area contributed by atoms with Gasteiger partial charge in [0.25, 0.3) is 0 Å². The van der Waals surface area contributed by atoms with E-state index in [0.29, 0.717) is 6.54 Å². The van der Waals surface area contributed by atoms with Gasteiger partial charge in [0.2, 0.25) is 0 Å². The van der Waals surface area contributed by atoms with E-state index in [9.17, 15) is 4.79 Å². The summed E-state index contributed by atoms with van der Waals surface area (Å²) in [6.45, 7) is 6.47. The minimum atomic E-state index is -0.476. The third-order valence-corrected chi connectivity index (χ3v) is 5.36. The molecule has 1 aromatic carbocycles. The number of para-hydroxylation sites is 1. The number of nitrogens with zero attached hydrogens (tertiary/aromatic N) is 2. The van der Waals surface area contributed by atoms with Crippen LogP contribution in [0, 0.1) is 0 Å². The number of fused-ring (bicyclic) bond motifs is 3. The molecule has 1 aliphatic rings. The van der Waals surface area contributed by atoms with Crippen LogP contribution in [-0.4, -0.2) is 33.0 Å². The fourth-order valence-electron chi connectivity index (χ4n) is 3.82. The Hall–Kier alpha value is -1.49. The normalized spacial score (nSPS) is 17.6. The van der Waals surface area contributed by atoms with Crippen LogP contribution < -0.4 is 0 Å². The summed E-state index contributed by atoms with van der Waals surface area (Å²) in [4.78, 5) is 14.7. The minimum absolute atomic E-state index is 0.0635. The summed E-state index contributed by atoms with van der Waals surface area (Å²) in [6.07, 6.45) is 2.62. The second-order valence-corrected chi connectivity index (χ2v) is 8.50. The third kappa shape index (κ3) is 3.57. The van der Waals surface area contributed by atoms with Crippen molar-refractivity contribution in [2.75, 3.05) is 11.9 Å². The molecule has 0 saturated heterocycles. The minimum Gasteiger partial charge on any atom is -0.444 e. The monoisotopic (exact) mass is 406 g/mol. The van der Waals surface area contributed by atoms with Crippen LogP contribution in [0.15, 0.2) is 24.3 Å². The molecule has 25 heavy (non-hydrogen) atoms. The number of carbonyl (C=O) groups excluding carboxylic acids is 1. The van der Waals surface area contributed by atoms with E-state index in [4.69, 9.17) is 4.74 Å². The highest BCUT2D eigenvalue weighted by Crippen LogP contribution is 2.39. The van der Waals surface area contributed by atoms with Crippen molar-refractivity contribution >= 4 is 32.9 Å². The van der Waals surface area contributed by atoms with Gasteiger partial charge in [-0.1, -0.05) is 34.1 Å². The predicted octanol–water partition coefficient (Wildman–Crippen LogP) is 5.19. The molecule has 0 bridgehead atoms. The molecule has 1 amide bonds. The van der Waals surface area contributed by atoms with Gasteiger partial charge in [0.1, 0.15) is 5.60 Å². The van der Waals surface area contributed by atoms with Crippen LogP contribution in [0.25, 0.3) is 10.9 Å². The summed E-state index contributed by atoms with van der Waals surface area (Å²) in [7, 11) is 2.11. The summed E-state index contributed by atoms with van der Waals surface area (Å²) in [6, 6.07) is 8.59. The fourth-order valence-corrected chi connectivity index (χ4v) is 4.14. The lowest BCUT2D eigenvalue weighted by Gasteiger charge is -2.37. The Bertz CT molecular complexity index is 776. The van der Waals surface area contributed by atoms with Crippen LogP contribution >= 0.6 is 15.9 Å². The molecule has 136 valence electrons. The number of benzene rings is 1. The van der Waals surface area contributed by atoms with Crippen molar-refractivity contribution in [2.45, 2.75) is 51.7 Å². The molecule has 0 N–H and O–H groups in total. The van der Waals surface area contributed by atoms with Crippen LogP contribution in [0.4, 0.5) is 4.79 Å². The molecular formula is C20H27BrN2O2. The van der Waals surface area contributed by atoms with E-state index in [1.165, 1.54) is 22.2 Å². The highest BCUT2D eigenvalue weighted by atomic mass is 79.9. The molecule has 2 heterocycles. The van der Waals surface area contributed by atoms with Gasteiger partial charge in [0, 0.05) is 35.5 Å². The molecule has 1 atom stereocenters. The smallest absolute Gasteiger partial charge is 0.410 e. The number of hydrogen-bond donors (Lipinski definition) is 0. The largest absolute Gasteiger partial charge is 0.444 e. The highest BCUT2D eigenvalue weighted by Gasteiger charge is 2.36. The van der Waals surface area contributed by atoms with Crippen molar-refractivity contribution in [1.82, 2.24) is 9.47 Å². The van der Waals surface area contributed by atoms with Gasteiger partial charge in [-0.15, -0.1) is 0 Å². The van der Waals surface area contributed by atoms with Crippen molar-refractivity contribution in [3.05, 3.63) is 35.5 Å². The maximum Gasteiger partial charge on any atom is 0.410 e.